The van der Waals surface area contributed by atoms with E-state index in [1.54, 1.807) is 0 Å². The molecule has 0 N–H and O–H groups in total. The Balaban J connectivity index is 2.06. The van der Waals surface area contributed by atoms with Gasteiger partial charge in [-0.1, -0.05) is 18.2 Å². The van der Waals surface area contributed by atoms with Crippen LogP contribution in [-0.2, 0) is 34.2 Å². The van der Waals surface area contributed by atoms with Gasteiger partial charge in [0, 0.05) is 5.92 Å². The molecule has 1 saturated heterocycles. The van der Waals surface area contributed by atoms with Crippen molar-refractivity contribution in [1.29, 1.82) is 0 Å². The predicted molar refractivity (Wildman–Crippen MR) is 178 cm³/mol. The Kier molecular flexibility index (Phi) is 10.8. The van der Waals surface area contributed by atoms with Gasteiger partial charge in [0.25, 0.3) is 0 Å². The number of rotatable bonds is 9. The van der Waals surface area contributed by atoms with Gasteiger partial charge >= 0.3 is 6.09 Å². The van der Waals surface area contributed by atoms with Crippen LogP contribution in [0.1, 0.15) is 54.4 Å². The highest BCUT2D eigenvalue weighted by Crippen LogP contribution is 2.51. The van der Waals surface area contributed by atoms with E-state index in [4.69, 9.17) is 4.74 Å². The second-order valence-corrected chi connectivity index (χ2v) is 20.8. The Hall–Kier alpha value is -3.64. The highest BCUT2D eigenvalue weighted by atomic mass is 32.2. The van der Waals surface area contributed by atoms with Crippen LogP contribution in [-0.4, -0.2) is 68.9 Å². The Morgan fingerprint density at radius 3 is 1.19 bits per heavy atom. The molecule has 286 valence electrons. The van der Waals surface area contributed by atoms with Gasteiger partial charge in [0.2, 0.25) is 44.5 Å². The van der Waals surface area contributed by atoms with Crippen molar-refractivity contribution in [2.24, 2.45) is 5.92 Å². The van der Waals surface area contributed by atoms with Crippen LogP contribution in [0.5, 0.6) is 0 Å². The second-order valence-electron chi connectivity index (χ2n) is 13.9. The third-order valence-electron chi connectivity index (χ3n) is 9.11. The molecular formula is C34H37F6NO8S3. The number of ether oxygens (including phenoxy) is 1. The summed E-state index contributed by atoms with van der Waals surface area (Å²) in [6.07, 6.45) is -4.13. The van der Waals surface area contributed by atoms with Crippen LogP contribution in [0, 0.1) is 23.4 Å². The molecule has 0 aromatic heterocycles. The van der Waals surface area contributed by atoms with Gasteiger partial charge in [-0.2, -0.15) is 0 Å². The smallest absolute Gasteiger partial charge is 0.411 e. The molecule has 0 spiro atoms. The van der Waals surface area contributed by atoms with E-state index >= 15 is 13.2 Å². The number of nitrogens with zero attached hydrogens (tertiary/aromatic N) is 1. The first-order chi connectivity index (χ1) is 23.6. The summed E-state index contributed by atoms with van der Waals surface area (Å²) in [5, 5.41) is -11.4. The molecule has 5 unspecified atom stereocenters. The van der Waals surface area contributed by atoms with Gasteiger partial charge in [0.1, 0.15) is 23.1 Å². The number of hydrogen-bond acceptors (Lipinski definition) is 8. The van der Waals surface area contributed by atoms with Crippen LogP contribution < -0.4 is 0 Å². The third kappa shape index (κ3) is 7.29. The minimum Gasteiger partial charge on any atom is -0.444 e. The lowest BCUT2D eigenvalue weighted by Gasteiger charge is -2.52. The average Bonchev–Trinajstić information content (AvgIpc) is 3.03. The number of carbonyl (C=O) groups is 1. The zero-order valence-corrected chi connectivity index (χ0v) is 31.2. The number of sulfone groups is 3. The van der Waals surface area contributed by atoms with Crippen LogP contribution >= 0.6 is 0 Å². The first kappa shape index (κ1) is 41.1. The van der Waals surface area contributed by atoms with Crippen LogP contribution in [0.2, 0.25) is 0 Å². The topological polar surface area (TPSA) is 132 Å². The minimum atomic E-state index is -5.49. The number of halogens is 6. The Morgan fingerprint density at radius 1 is 0.596 bits per heavy atom. The SMILES string of the molecule is CC(C)(C)OC(=O)N1C(C(C)(F)S(=O)(=O)c2cccc(F)c2)CC(C(C)(F)S(=O)(=O)c2cccc(F)c2)CC1C(C)(F)S(=O)(=O)c1cccc(F)c1. The third-order valence-corrected chi connectivity index (χ3v) is 15.8. The molecule has 0 radical (unpaired) electrons. The standard InChI is InChI=1S/C34H37F6NO8S3/c1-31(2,3)49-30(42)41-28(33(5,39)51(45,46)26-14-8-11-23(36)19-26)16-21(32(4,38)50(43,44)25-13-7-10-22(35)18-25)17-29(41)34(6,40)52(47,48)27-15-9-12-24(37)20-27/h7-15,18-21,28-29H,16-17H2,1-6H3. The number of piperidine rings is 1. The molecule has 1 aliphatic rings. The first-order valence-corrected chi connectivity index (χ1v) is 20.1. The van der Waals surface area contributed by atoms with Crippen molar-refractivity contribution in [3.05, 3.63) is 90.2 Å². The molecule has 5 atom stereocenters. The summed E-state index contributed by atoms with van der Waals surface area (Å²) < 4.78 is 183. The predicted octanol–water partition coefficient (Wildman–Crippen LogP) is 7.27. The molecule has 0 aliphatic carbocycles. The van der Waals surface area contributed by atoms with Crippen molar-refractivity contribution in [2.75, 3.05) is 0 Å². The molecule has 3 aromatic rings. The maximum atomic E-state index is 17.5. The lowest BCUT2D eigenvalue weighted by atomic mass is 9.80. The van der Waals surface area contributed by atoms with Crippen molar-refractivity contribution in [2.45, 2.75) is 102 Å². The van der Waals surface area contributed by atoms with Crippen LogP contribution in [0.3, 0.4) is 0 Å². The minimum absolute atomic E-state index is 0.139. The van der Waals surface area contributed by atoms with Crippen molar-refractivity contribution >= 4 is 35.6 Å². The number of carbonyl (C=O) groups excluding carboxylic acids is 1. The molecule has 1 amide bonds. The van der Waals surface area contributed by atoms with Gasteiger partial charge in [0.05, 0.1) is 26.8 Å². The fourth-order valence-electron chi connectivity index (χ4n) is 6.16. The summed E-state index contributed by atoms with van der Waals surface area (Å²) in [6.45, 7) is 5.22. The molecule has 0 bridgehead atoms. The molecular weight excluding hydrogens is 761 g/mol. The summed E-state index contributed by atoms with van der Waals surface area (Å²) in [6, 6.07) is 3.84. The van der Waals surface area contributed by atoms with Gasteiger partial charge in [-0.05, 0) is 109 Å². The van der Waals surface area contributed by atoms with E-state index in [1.165, 1.54) is 20.8 Å². The number of hydrogen-bond donors (Lipinski definition) is 0. The number of benzene rings is 3. The van der Waals surface area contributed by atoms with E-state index in [0.717, 1.165) is 54.6 Å². The van der Waals surface area contributed by atoms with E-state index in [9.17, 15) is 43.2 Å². The Bertz CT molecular complexity index is 2090. The summed E-state index contributed by atoms with van der Waals surface area (Å²) >= 11 is 0. The van der Waals surface area contributed by atoms with Crippen molar-refractivity contribution in [1.82, 2.24) is 4.90 Å². The summed E-state index contributed by atoms with van der Waals surface area (Å²) in [7, 11) is -16.3. The molecule has 1 heterocycles. The van der Waals surface area contributed by atoms with Gasteiger partial charge < -0.3 is 4.74 Å². The fraction of sp³-hybridized carbons (Fsp3) is 0.441. The lowest BCUT2D eigenvalue weighted by Crippen LogP contribution is -2.68. The number of amides is 1. The first-order valence-electron chi connectivity index (χ1n) is 15.7. The molecule has 1 aliphatic heterocycles. The van der Waals surface area contributed by atoms with E-state index in [0.29, 0.717) is 39.0 Å². The van der Waals surface area contributed by atoms with Gasteiger partial charge in [-0.25, -0.2) is 56.4 Å². The quantitative estimate of drug-likeness (QED) is 0.207. The molecule has 4 rings (SSSR count). The van der Waals surface area contributed by atoms with Crippen molar-refractivity contribution in [3.8, 4) is 0 Å². The molecule has 0 saturated carbocycles. The fourth-order valence-corrected chi connectivity index (χ4v) is 10.9. The summed E-state index contributed by atoms with van der Waals surface area (Å²) in [5.41, 5.74) is -1.47. The Morgan fingerprint density at radius 2 is 0.904 bits per heavy atom. The molecule has 52 heavy (non-hydrogen) atoms. The second kappa shape index (κ2) is 13.6. The highest BCUT2D eigenvalue weighted by Gasteiger charge is 2.65. The van der Waals surface area contributed by atoms with Crippen molar-refractivity contribution < 1.29 is 61.1 Å². The normalized spacial score (nSPS) is 22.5. The van der Waals surface area contributed by atoms with Crippen LogP contribution in [0.25, 0.3) is 0 Å². The van der Waals surface area contributed by atoms with Crippen molar-refractivity contribution in [3.63, 3.8) is 0 Å². The van der Waals surface area contributed by atoms with Gasteiger partial charge in [-0.3, -0.25) is 4.90 Å². The van der Waals surface area contributed by atoms with E-state index in [1.807, 2.05) is 0 Å². The van der Waals surface area contributed by atoms with Crippen LogP contribution in [0.15, 0.2) is 87.5 Å². The maximum absolute atomic E-state index is 17.5. The zero-order valence-electron chi connectivity index (χ0n) is 28.8. The number of likely N-dealkylation sites (tertiary alicyclic amines) is 1. The number of alkyl halides is 3. The van der Waals surface area contributed by atoms with E-state index in [2.05, 4.69) is 0 Å². The Labute approximate surface area is 298 Å². The van der Waals surface area contributed by atoms with Gasteiger partial charge in [-0.15, -0.1) is 0 Å². The maximum Gasteiger partial charge on any atom is 0.411 e. The summed E-state index contributed by atoms with van der Waals surface area (Å²) in [5.74, 6) is -5.57. The average molecular weight is 798 g/mol. The zero-order chi connectivity index (χ0) is 39.5. The van der Waals surface area contributed by atoms with Crippen LogP contribution in [0.4, 0.5) is 31.1 Å². The molecule has 1 fully saturated rings. The molecule has 3 aromatic carbocycles. The molecule has 18 heteroatoms. The largest absolute Gasteiger partial charge is 0.444 e. The summed E-state index contributed by atoms with van der Waals surface area (Å²) in [4.78, 5) is 11.2. The highest BCUT2D eigenvalue weighted by molar-refractivity contribution is 7.93. The molecule has 9 nitrogen and oxygen atoms in total. The van der Waals surface area contributed by atoms with E-state index < -0.39 is 119 Å². The van der Waals surface area contributed by atoms with E-state index in [-0.39, 0.29) is 4.90 Å². The van der Waals surface area contributed by atoms with Gasteiger partial charge in [0.15, 0.2) is 0 Å². The lowest BCUT2D eigenvalue weighted by molar-refractivity contribution is -0.0672. The monoisotopic (exact) mass is 797 g/mol.